The van der Waals surface area contributed by atoms with Crippen molar-refractivity contribution >= 4 is 11.8 Å². The van der Waals surface area contributed by atoms with Gasteiger partial charge in [0.2, 0.25) is 0 Å². The van der Waals surface area contributed by atoms with E-state index in [2.05, 4.69) is 5.10 Å². The third kappa shape index (κ3) is 3.93. The van der Waals surface area contributed by atoms with Crippen LogP contribution in [-0.4, -0.2) is 41.6 Å². The second-order valence-electron chi connectivity index (χ2n) is 7.97. The summed E-state index contributed by atoms with van der Waals surface area (Å²) in [4.78, 5) is 13.9. The number of fused-ring (bicyclic) bond motifs is 1. The minimum absolute atomic E-state index is 0.0566. The molecule has 0 bridgehead atoms. The number of methoxy groups -OCH3 is 1. The van der Waals surface area contributed by atoms with Crippen molar-refractivity contribution < 1.29 is 23.0 Å². The normalized spacial score (nSPS) is 19.1. The molecule has 0 unspecified atom stereocenters. The summed E-state index contributed by atoms with van der Waals surface area (Å²) in [5.74, 6) is -2.58. The van der Waals surface area contributed by atoms with Gasteiger partial charge in [-0.1, -0.05) is 0 Å². The number of carbonyl (C=O) groups excluding carboxylic acids is 1. The van der Waals surface area contributed by atoms with Crippen LogP contribution in [0.2, 0.25) is 0 Å². The van der Waals surface area contributed by atoms with E-state index in [0.29, 0.717) is 35.9 Å². The van der Waals surface area contributed by atoms with Crippen LogP contribution in [0.5, 0.6) is 5.75 Å². The summed E-state index contributed by atoms with van der Waals surface area (Å²) in [5, 5.41) is 4.41. The van der Waals surface area contributed by atoms with E-state index in [0.717, 1.165) is 30.9 Å². The van der Waals surface area contributed by atoms with Crippen molar-refractivity contribution in [3.05, 3.63) is 30.1 Å². The van der Waals surface area contributed by atoms with Gasteiger partial charge in [0.25, 0.3) is 5.92 Å². The Balaban J connectivity index is 1.79. The van der Waals surface area contributed by atoms with Gasteiger partial charge in [0.1, 0.15) is 5.75 Å². The van der Waals surface area contributed by atoms with Crippen LogP contribution in [0.4, 0.5) is 19.3 Å². The van der Waals surface area contributed by atoms with Gasteiger partial charge in [0.05, 0.1) is 25.0 Å². The Morgan fingerprint density at radius 1 is 1.31 bits per heavy atom. The quantitative estimate of drug-likeness (QED) is 0.715. The standard InChI is InChI=1S/C21H25F2N3O3/c1-13-4-7-17-18(26(13)20(27)28-3)9-8-16(19(17)29-12-21(2,22)23)14-10-24-25(11-14)15-5-6-15/h8-11,13,15H,4-7,12H2,1-3H3/t13-/m0/s1. The number of hydrogen-bond acceptors (Lipinski definition) is 4. The van der Waals surface area contributed by atoms with Crippen LogP contribution < -0.4 is 9.64 Å². The molecule has 1 aliphatic carbocycles. The zero-order valence-electron chi connectivity index (χ0n) is 16.8. The number of rotatable bonds is 5. The summed E-state index contributed by atoms with van der Waals surface area (Å²) < 4.78 is 39.7. The topological polar surface area (TPSA) is 56.6 Å². The van der Waals surface area contributed by atoms with Gasteiger partial charge in [-0.3, -0.25) is 9.58 Å². The van der Waals surface area contributed by atoms with Crippen LogP contribution in [-0.2, 0) is 11.2 Å². The summed E-state index contributed by atoms with van der Waals surface area (Å²) in [7, 11) is 1.33. The van der Waals surface area contributed by atoms with Gasteiger partial charge in [-0.2, -0.15) is 5.10 Å². The van der Waals surface area contributed by atoms with Gasteiger partial charge >= 0.3 is 6.09 Å². The second kappa shape index (κ2) is 7.31. The fourth-order valence-electron chi connectivity index (χ4n) is 3.79. The molecule has 2 aliphatic rings. The third-order valence-electron chi connectivity index (χ3n) is 5.42. The van der Waals surface area contributed by atoms with Crippen LogP contribution >= 0.6 is 0 Å². The maximum absolute atomic E-state index is 13.6. The first-order chi connectivity index (χ1) is 13.8. The van der Waals surface area contributed by atoms with Crippen molar-refractivity contribution in [1.82, 2.24) is 9.78 Å². The lowest BCUT2D eigenvalue weighted by Gasteiger charge is -2.35. The van der Waals surface area contributed by atoms with Crippen molar-refractivity contribution in [1.29, 1.82) is 0 Å². The van der Waals surface area contributed by atoms with Gasteiger partial charge < -0.3 is 9.47 Å². The zero-order chi connectivity index (χ0) is 20.8. The minimum Gasteiger partial charge on any atom is -0.486 e. The molecule has 2 heterocycles. The first-order valence-corrected chi connectivity index (χ1v) is 9.86. The summed E-state index contributed by atoms with van der Waals surface area (Å²) in [6, 6.07) is 4.01. The highest BCUT2D eigenvalue weighted by molar-refractivity contribution is 5.92. The highest BCUT2D eigenvalue weighted by atomic mass is 19.3. The maximum atomic E-state index is 13.6. The van der Waals surface area contributed by atoms with E-state index in [1.165, 1.54) is 7.11 Å². The van der Waals surface area contributed by atoms with Gasteiger partial charge in [0, 0.05) is 35.9 Å². The molecule has 6 nitrogen and oxygen atoms in total. The highest BCUT2D eigenvalue weighted by Crippen LogP contribution is 2.44. The molecule has 29 heavy (non-hydrogen) atoms. The predicted octanol–water partition coefficient (Wildman–Crippen LogP) is 4.83. The summed E-state index contributed by atoms with van der Waals surface area (Å²) in [6.07, 6.45) is 6.70. The Morgan fingerprint density at radius 2 is 2.07 bits per heavy atom. The lowest BCUT2D eigenvalue weighted by atomic mass is 9.92. The molecule has 1 atom stereocenters. The van der Waals surface area contributed by atoms with Gasteiger partial charge in [-0.25, -0.2) is 13.6 Å². The fourth-order valence-corrected chi connectivity index (χ4v) is 3.79. The molecule has 1 aliphatic heterocycles. The molecule has 8 heteroatoms. The van der Waals surface area contributed by atoms with Gasteiger partial charge in [-0.05, 0) is 44.7 Å². The molecule has 0 N–H and O–H groups in total. The van der Waals surface area contributed by atoms with Crippen molar-refractivity contribution in [2.24, 2.45) is 0 Å². The Bertz CT molecular complexity index is 918. The highest BCUT2D eigenvalue weighted by Gasteiger charge is 2.33. The number of anilines is 1. The largest absolute Gasteiger partial charge is 0.486 e. The number of nitrogens with zero attached hydrogens (tertiary/aromatic N) is 3. The van der Waals surface area contributed by atoms with E-state index >= 15 is 0 Å². The molecule has 1 aromatic carbocycles. The lowest BCUT2D eigenvalue weighted by Crippen LogP contribution is -2.42. The lowest BCUT2D eigenvalue weighted by molar-refractivity contribution is -0.0230. The van der Waals surface area contributed by atoms with Crippen LogP contribution in [0.15, 0.2) is 24.5 Å². The fraction of sp³-hybridized carbons (Fsp3) is 0.524. The Morgan fingerprint density at radius 3 is 2.72 bits per heavy atom. The molecule has 156 valence electrons. The van der Waals surface area contributed by atoms with E-state index in [4.69, 9.17) is 9.47 Å². The smallest absolute Gasteiger partial charge is 0.414 e. The number of carbonyl (C=O) groups is 1. The van der Waals surface area contributed by atoms with Gasteiger partial charge in [-0.15, -0.1) is 0 Å². The SMILES string of the molecule is COC(=O)N1c2ccc(-c3cnn(C4CC4)c3)c(OCC(C)(F)F)c2CC[C@@H]1C. The third-order valence-corrected chi connectivity index (χ3v) is 5.42. The van der Waals surface area contributed by atoms with Crippen molar-refractivity contribution in [3.63, 3.8) is 0 Å². The number of aromatic nitrogens is 2. The number of halogens is 2. The zero-order valence-corrected chi connectivity index (χ0v) is 16.8. The molecule has 1 amide bonds. The van der Waals surface area contributed by atoms with Gasteiger partial charge in [0.15, 0.2) is 6.61 Å². The van der Waals surface area contributed by atoms with Crippen LogP contribution in [0.3, 0.4) is 0 Å². The van der Waals surface area contributed by atoms with Crippen molar-refractivity contribution in [3.8, 4) is 16.9 Å². The molecule has 1 fully saturated rings. The Labute approximate surface area is 168 Å². The van der Waals surface area contributed by atoms with Crippen LogP contribution in [0, 0.1) is 0 Å². The number of hydrogen-bond donors (Lipinski definition) is 0. The average Bonchev–Trinajstić information content (AvgIpc) is 3.41. The molecular weight excluding hydrogens is 380 g/mol. The molecule has 0 saturated heterocycles. The molecule has 1 saturated carbocycles. The number of alkyl halides is 2. The molecular formula is C21H25F2N3O3. The van der Waals surface area contributed by atoms with E-state index in [1.54, 1.807) is 11.1 Å². The van der Waals surface area contributed by atoms with Crippen LogP contribution in [0.25, 0.3) is 11.1 Å². The first kappa shape index (κ1) is 19.7. The molecule has 2 aromatic rings. The number of ether oxygens (including phenoxy) is 2. The summed E-state index contributed by atoms with van der Waals surface area (Å²) in [6.45, 7) is 2.03. The molecule has 4 rings (SSSR count). The van der Waals surface area contributed by atoms with Crippen LogP contribution in [0.1, 0.15) is 44.7 Å². The number of amides is 1. The number of benzene rings is 1. The second-order valence-corrected chi connectivity index (χ2v) is 7.97. The Kier molecular flexibility index (Phi) is 4.96. The molecule has 1 aromatic heterocycles. The summed E-state index contributed by atoms with van der Waals surface area (Å²) >= 11 is 0. The molecule has 0 spiro atoms. The first-order valence-electron chi connectivity index (χ1n) is 9.86. The maximum Gasteiger partial charge on any atom is 0.414 e. The van der Waals surface area contributed by atoms with E-state index < -0.39 is 18.6 Å². The minimum atomic E-state index is -2.97. The van der Waals surface area contributed by atoms with Crippen molar-refractivity contribution in [2.75, 3.05) is 18.6 Å². The summed E-state index contributed by atoms with van der Waals surface area (Å²) in [5.41, 5.74) is 2.91. The average molecular weight is 405 g/mol. The Hall–Kier alpha value is -2.64. The monoisotopic (exact) mass is 405 g/mol. The molecule has 0 radical (unpaired) electrons. The van der Waals surface area contributed by atoms with E-state index in [9.17, 15) is 13.6 Å². The van der Waals surface area contributed by atoms with Crippen molar-refractivity contribution in [2.45, 2.75) is 57.5 Å². The van der Waals surface area contributed by atoms with E-state index in [-0.39, 0.29) is 6.04 Å². The van der Waals surface area contributed by atoms with E-state index in [1.807, 2.05) is 29.9 Å². The predicted molar refractivity (Wildman–Crippen MR) is 105 cm³/mol.